The summed E-state index contributed by atoms with van der Waals surface area (Å²) in [7, 11) is 0. The Morgan fingerprint density at radius 1 is 1.30 bits per heavy atom. The number of ether oxygens (including phenoxy) is 1. The van der Waals surface area contributed by atoms with Gasteiger partial charge in [0.2, 0.25) is 0 Å². The van der Waals surface area contributed by atoms with Gasteiger partial charge in [-0.15, -0.1) is 0 Å². The first-order valence-electron chi connectivity index (χ1n) is 7.14. The molecule has 0 heterocycles. The maximum atomic E-state index is 11.3. The van der Waals surface area contributed by atoms with Gasteiger partial charge in [0.05, 0.1) is 6.54 Å². The molecule has 0 aromatic heterocycles. The summed E-state index contributed by atoms with van der Waals surface area (Å²) in [6, 6.07) is 0.193. The first-order chi connectivity index (χ1) is 9.19. The third-order valence-electron chi connectivity index (χ3n) is 2.07. The van der Waals surface area contributed by atoms with Crippen molar-refractivity contribution >= 4 is 12.0 Å². The second-order valence-corrected chi connectivity index (χ2v) is 5.89. The number of hydrogen-bond acceptors (Lipinski definition) is 4. The van der Waals surface area contributed by atoms with Crippen LogP contribution in [0.2, 0.25) is 0 Å². The summed E-state index contributed by atoms with van der Waals surface area (Å²) in [4.78, 5) is 22.6. The van der Waals surface area contributed by atoms with Crippen molar-refractivity contribution in [2.45, 2.75) is 71.6 Å². The van der Waals surface area contributed by atoms with Crippen LogP contribution in [0.3, 0.4) is 0 Å². The van der Waals surface area contributed by atoms with Crippen molar-refractivity contribution < 1.29 is 19.4 Å². The molecule has 0 aromatic rings. The molecule has 1 saturated carbocycles. The monoisotopic (exact) mass is 288 g/mol. The van der Waals surface area contributed by atoms with Gasteiger partial charge in [-0.2, -0.15) is 0 Å². The highest BCUT2D eigenvalue weighted by Crippen LogP contribution is 2.18. The lowest BCUT2D eigenvalue weighted by Crippen LogP contribution is -2.44. The summed E-state index contributed by atoms with van der Waals surface area (Å²) in [5, 5.41) is 14.4. The minimum absolute atomic E-state index is 0.145. The Labute approximate surface area is 121 Å². The van der Waals surface area contributed by atoms with Crippen LogP contribution in [0.15, 0.2) is 0 Å². The van der Waals surface area contributed by atoms with Crippen molar-refractivity contribution in [2.24, 2.45) is 0 Å². The lowest BCUT2D eigenvalue weighted by molar-refractivity contribution is -0.129. The summed E-state index contributed by atoms with van der Waals surface area (Å²) in [5.41, 5.74) is -0.592. The van der Waals surface area contributed by atoms with E-state index in [0.717, 1.165) is 12.8 Å². The van der Waals surface area contributed by atoms with E-state index in [-0.39, 0.29) is 12.6 Å². The molecule has 1 aliphatic rings. The van der Waals surface area contributed by atoms with E-state index in [0.29, 0.717) is 0 Å². The maximum Gasteiger partial charge on any atom is 0.407 e. The minimum Gasteiger partial charge on any atom is -0.444 e. The van der Waals surface area contributed by atoms with Gasteiger partial charge in [0.25, 0.3) is 5.91 Å². The number of aliphatic hydroxyl groups is 1. The predicted octanol–water partition coefficient (Wildman–Crippen LogP) is 1.57. The molecule has 0 aliphatic heterocycles. The molecular weight excluding hydrogens is 260 g/mol. The second kappa shape index (κ2) is 8.79. The van der Waals surface area contributed by atoms with Crippen molar-refractivity contribution in [1.29, 1.82) is 0 Å². The van der Waals surface area contributed by atoms with E-state index >= 15 is 0 Å². The van der Waals surface area contributed by atoms with Crippen LogP contribution in [0.25, 0.3) is 0 Å². The summed E-state index contributed by atoms with van der Waals surface area (Å²) >= 11 is 0. The topological polar surface area (TPSA) is 87.7 Å². The summed E-state index contributed by atoms with van der Waals surface area (Å²) in [5.74, 6) is -0.455. The molecule has 20 heavy (non-hydrogen) atoms. The lowest BCUT2D eigenvalue weighted by Gasteiger charge is -2.20. The zero-order valence-corrected chi connectivity index (χ0v) is 13.2. The number of carbonyl (C=O) groups is 2. The molecule has 6 nitrogen and oxygen atoms in total. The molecule has 0 radical (unpaired) electrons. The number of hydrogen-bond donors (Lipinski definition) is 3. The molecule has 3 N–H and O–H groups in total. The van der Waals surface area contributed by atoms with E-state index < -0.39 is 23.7 Å². The Balaban J connectivity index is 0.00000110. The third-order valence-corrected chi connectivity index (χ3v) is 2.07. The van der Waals surface area contributed by atoms with Gasteiger partial charge in [-0.25, -0.2) is 4.79 Å². The van der Waals surface area contributed by atoms with Crippen LogP contribution < -0.4 is 10.6 Å². The van der Waals surface area contributed by atoms with Crippen LogP contribution in [0.4, 0.5) is 4.79 Å². The second-order valence-electron chi connectivity index (χ2n) is 5.89. The summed E-state index contributed by atoms with van der Waals surface area (Å²) in [6.45, 7) is 9.32. The molecule has 0 saturated heterocycles. The standard InChI is InChI=1S/C11H20N2O4.C3H8/c1-11(2,3)17-10(16)12-6-8(14)9(15)13-7-4-5-7;1-3-2/h7-8,14H,4-6H2,1-3H3,(H,12,16)(H,13,15);3H2,1-2H3. The van der Waals surface area contributed by atoms with Crippen LogP contribution in [-0.2, 0) is 9.53 Å². The highest BCUT2D eigenvalue weighted by atomic mass is 16.6. The molecule has 1 fully saturated rings. The molecule has 2 amide bonds. The van der Waals surface area contributed by atoms with Crippen molar-refractivity contribution in [3.05, 3.63) is 0 Å². The molecule has 1 aliphatic carbocycles. The number of amides is 2. The minimum atomic E-state index is -1.23. The fourth-order valence-electron chi connectivity index (χ4n) is 1.11. The first kappa shape index (κ1) is 18.7. The highest BCUT2D eigenvalue weighted by molar-refractivity contribution is 5.82. The molecule has 1 unspecified atom stereocenters. The van der Waals surface area contributed by atoms with Gasteiger partial charge < -0.3 is 20.5 Å². The molecule has 0 aromatic carbocycles. The quantitative estimate of drug-likeness (QED) is 0.732. The molecule has 0 bridgehead atoms. The average Bonchev–Trinajstić information content (AvgIpc) is 3.08. The van der Waals surface area contributed by atoms with Gasteiger partial charge in [0, 0.05) is 6.04 Å². The highest BCUT2D eigenvalue weighted by Gasteiger charge is 2.27. The van der Waals surface area contributed by atoms with Crippen molar-refractivity contribution in [2.75, 3.05) is 6.54 Å². The van der Waals surface area contributed by atoms with E-state index in [1.807, 2.05) is 0 Å². The van der Waals surface area contributed by atoms with Gasteiger partial charge in [-0.1, -0.05) is 20.3 Å². The fraction of sp³-hybridized carbons (Fsp3) is 0.857. The molecule has 1 atom stereocenters. The molecule has 118 valence electrons. The Hall–Kier alpha value is -1.30. The van der Waals surface area contributed by atoms with E-state index in [2.05, 4.69) is 24.5 Å². The van der Waals surface area contributed by atoms with Gasteiger partial charge >= 0.3 is 6.09 Å². The van der Waals surface area contributed by atoms with E-state index in [1.165, 1.54) is 6.42 Å². The van der Waals surface area contributed by atoms with Crippen molar-refractivity contribution in [1.82, 2.24) is 10.6 Å². The zero-order valence-electron chi connectivity index (χ0n) is 13.2. The number of nitrogens with one attached hydrogen (secondary N) is 2. The number of aliphatic hydroxyl groups excluding tert-OH is 1. The van der Waals surface area contributed by atoms with Crippen LogP contribution in [0.5, 0.6) is 0 Å². The van der Waals surface area contributed by atoms with Gasteiger partial charge in [-0.3, -0.25) is 4.79 Å². The Bertz CT molecular complexity index is 309. The molecule has 0 spiro atoms. The van der Waals surface area contributed by atoms with Crippen LogP contribution in [-0.4, -0.2) is 41.4 Å². The van der Waals surface area contributed by atoms with Crippen LogP contribution in [0, 0.1) is 0 Å². The first-order valence-corrected chi connectivity index (χ1v) is 7.14. The largest absolute Gasteiger partial charge is 0.444 e. The van der Waals surface area contributed by atoms with Gasteiger partial charge in [0.1, 0.15) is 11.7 Å². The van der Waals surface area contributed by atoms with E-state index in [9.17, 15) is 14.7 Å². The SMILES string of the molecule is CC(C)(C)OC(=O)NCC(O)C(=O)NC1CC1.CCC. The van der Waals surface area contributed by atoms with Gasteiger partial charge in [0.15, 0.2) is 0 Å². The zero-order chi connectivity index (χ0) is 15.8. The average molecular weight is 288 g/mol. The third kappa shape index (κ3) is 10.6. The van der Waals surface area contributed by atoms with E-state index in [1.54, 1.807) is 20.8 Å². The Morgan fingerprint density at radius 2 is 1.80 bits per heavy atom. The van der Waals surface area contributed by atoms with E-state index in [4.69, 9.17) is 4.74 Å². The number of rotatable bonds is 4. The Kier molecular flexibility index (Phi) is 8.22. The predicted molar refractivity (Wildman–Crippen MR) is 77.4 cm³/mol. The molecular formula is C14H28N2O4. The van der Waals surface area contributed by atoms with Crippen LogP contribution >= 0.6 is 0 Å². The van der Waals surface area contributed by atoms with Gasteiger partial charge in [-0.05, 0) is 33.6 Å². The maximum absolute atomic E-state index is 11.3. The normalized spacial score (nSPS) is 15.5. The molecule has 6 heteroatoms. The number of alkyl carbamates (subject to hydrolysis) is 1. The van der Waals surface area contributed by atoms with Crippen molar-refractivity contribution in [3.63, 3.8) is 0 Å². The summed E-state index contributed by atoms with van der Waals surface area (Å²) < 4.78 is 4.97. The van der Waals surface area contributed by atoms with Crippen LogP contribution in [0.1, 0.15) is 53.9 Å². The fourth-order valence-corrected chi connectivity index (χ4v) is 1.11. The summed E-state index contributed by atoms with van der Waals surface area (Å²) in [6.07, 6.45) is 1.29. The van der Waals surface area contributed by atoms with Crippen molar-refractivity contribution in [3.8, 4) is 0 Å². The smallest absolute Gasteiger partial charge is 0.407 e. The number of carbonyl (C=O) groups excluding carboxylic acids is 2. The Morgan fingerprint density at radius 3 is 2.20 bits per heavy atom. The molecule has 1 rings (SSSR count). The lowest BCUT2D eigenvalue weighted by atomic mass is 10.2.